The zero-order valence-corrected chi connectivity index (χ0v) is 20.4. The number of carbonyl (C=O) groups excluding carboxylic acids is 1. The van der Waals surface area contributed by atoms with E-state index in [0.29, 0.717) is 6.42 Å². The van der Waals surface area contributed by atoms with Gasteiger partial charge < -0.3 is 19.7 Å². The average molecular weight is 489 g/mol. The maximum Gasteiger partial charge on any atom is 0.323 e. The molecule has 2 fully saturated rings. The molecule has 0 radical (unpaired) electrons. The van der Waals surface area contributed by atoms with Crippen LogP contribution in [0.2, 0.25) is 0 Å². The summed E-state index contributed by atoms with van der Waals surface area (Å²) in [6, 6.07) is 4.56. The van der Waals surface area contributed by atoms with E-state index in [4.69, 9.17) is 14.9 Å². The molecule has 3 heterocycles. The Balaban J connectivity index is 1.50. The number of hydrogen-bond acceptors (Lipinski definition) is 8. The van der Waals surface area contributed by atoms with E-state index in [-0.39, 0.29) is 59.1 Å². The number of methoxy groups -OCH3 is 1. The quantitative estimate of drug-likeness (QED) is 0.300. The lowest BCUT2D eigenvalue weighted by atomic mass is 9.98. The van der Waals surface area contributed by atoms with Gasteiger partial charge in [0.25, 0.3) is 5.88 Å². The number of hydrogen-bond donors (Lipinski definition) is 3. The highest BCUT2D eigenvalue weighted by Gasteiger charge is 2.50. The molecule has 2 saturated heterocycles. The van der Waals surface area contributed by atoms with Crippen molar-refractivity contribution in [2.24, 2.45) is 5.92 Å². The molecular weight excluding hydrogens is 459 g/mol. The van der Waals surface area contributed by atoms with Crippen LogP contribution in [0.5, 0.6) is 11.6 Å². The number of nitrogens with zero attached hydrogens (tertiary/aromatic N) is 3. The number of carbonyl (C=O) groups is 1. The minimum atomic E-state index is -0.406. The lowest BCUT2D eigenvalue weighted by molar-refractivity contribution is 0.137. The number of fused-ring (bicyclic) bond motifs is 2. The summed E-state index contributed by atoms with van der Waals surface area (Å²) in [6.45, 7) is 3.73. The third-order valence-corrected chi connectivity index (χ3v) is 6.93. The fourth-order valence-corrected chi connectivity index (χ4v) is 4.84. The van der Waals surface area contributed by atoms with Crippen molar-refractivity contribution in [1.29, 1.82) is 5.41 Å². The number of urea groups is 1. The van der Waals surface area contributed by atoms with Gasteiger partial charge >= 0.3 is 6.03 Å². The van der Waals surface area contributed by atoms with Crippen molar-refractivity contribution in [2.45, 2.75) is 56.2 Å². The predicted molar refractivity (Wildman–Crippen MR) is 129 cm³/mol. The van der Waals surface area contributed by atoms with Crippen molar-refractivity contribution in [3.05, 3.63) is 30.3 Å². The van der Waals surface area contributed by atoms with Crippen LogP contribution in [0.15, 0.2) is 29.4 Å². The highest BCUT2D eigenvalue weighted by Crippen LogP contribution is 2.42. The van der Waals surface area contributed by atoms with Gasteiger partial charge in [-0.2, -0.15) is 4.98 Å². The highest BCUT2D eigenvalue weighted by molar-refractivity contribution is 7.98. The van der Waals surface area contributed by atoms with Crippen LogP contribution in [-0.4, -0.2) is 58.3 Å². The molecule has 3 atom stereocenters. The highest BCUT2D eigenvalue weighted by atomic mass is 32.2. The van der Waals surface area contributed by atoms with Crippen molar-refractivity contribution < 1.29 is 18.7 Å². The largest absolute Gasteiger partial charge is 0.489 e. The third kappa shape index (κ3) is 4.75. The molecule has 0 aliphatic carbocycles. The van der Waals surface area contributed by atoms with Crippen molar-refractivity contribution >= 4 is 35.1 Å². The maximum absolute atomic E-state index is 14.5. The third-order valence-electron chi connectivity index (χ3n) is 6.20. The minimum absolute atomic E-state index is 0.0458. The molecule has 1 aromatic carbocycles. The Morgan fingerprint density at radius 2 is 2.12 bits per heavy atom. The fourth-order valence-electron chi connectivity index (χ4n) is 4.41. The summed E-state index contributed by atoms with van der Waals surface area (Å²) in [7, 11) is 1.47. The van der Waals surface area contributed by atoms with E-state index in [1.54, 1.807) is 11.0 Å². The van der Waals surface area contributed by atoms with Gasteiger partial charge in [-0.15, -0.1) is 11.8 Å². The van der Waals surface area contributed by atoms with Gasteiger partial charge in [-0.05, 0) is 37.3 Å². The topological polar surface area (TPSA) is 112 Å². The fraction of sp³-hybridized carbons (Fsp3) is 0.478. The van der Waals surface area contributed by atoms with Crippen LogP contribution in [-0.2, 0) is 0 Å². The average Bonchev–Trinajstić information content (AvgIpc) is 3.38. The van der Waals surface area contributed by atoms with Gasteiger partial charge in [0.15, 0.2) is 5.82 Å². The number of anilines is 2. The summed E-state index contributed by atoms with van der Waals surface area (Å²) in [5.41, 5.74) is 0.260. The Labute approximate surface area is 202 Å². The molecule has 4 rings (SSSR count). The predicted octanol–water partition coefficient (Wildman–Crippen LogP) is 4.42. The first-order valence-corrected chi connectivity index (χ1v) is 12.4. The second kappa shape index (κ2) is 10.0. The van der Waals surface area contributed by atoms with Crippen LogP contribution in [0.3, 0.4) is 0 Å². The minimum Gasteiger partial charge on any atom is -0.489 e. The van der Waals surface area contributed by atoms with E-state index in [1.165, 1.54) is 31.3 Å². The van der Waals surface area contributed by atoms with Crippen LogP contribution >= 0.6 is 11.8 Å². The van der Waals surface area contributed by atoms with Crippen molar-refractivity contribution in [3.63, 3.8) is 0 Å². The maximum atomic E-state index is 14.5. The number of rotatable bonds is 7. The van der Waals surface area contributed by atoms with Crippen molar-refractivity contribution in [1.82, 2.24) is 20.2 Å². The molecule has 2 amide bonds. The SMILES string of the molecule is COc1c(Nc2ccc(SC)cc2F)ncnc1O[C@H]1CC2CCC1N2C(=O)NC(=N)C(C)C. The molecule has 2 unspecified atom stereocenters. The molecule has 9 nitrogen and oxygen atoms in total. The molecular formula is C23H29FN6O3S. The van der Waals surface area contributed by atoms with Crippen LogP contribution in [0.25, 0.3) is 0 Å². The second-order valence-electron chi connectivity index (χ2n) is 8.63. The first-order valence-electron chi connectivity index (χ1n) is 11.2. The van der Waals surface area contributed by atoms with Crippen LogP contribution in [0.4, 0.5) is 20.7 Å². The molecule has 2 bridgehead atoms. The summed E-state index contributed by atoms with van der Waals surface area (Å²) in [6.07, 6.45) is 5.30. The summed E-state index contributed by atoms with van der Waals surface area (Å²) in [4.78, 5) is 23.9. The zero-order valence-electron chi connectivity index (χ0n) is 19.6. The Morgan fingerprint density at radius 3 is 2.79 bits per heavy atom. The van der Waals surface area contributed by atoms with Gasteiger partial charge in [0, 0.05) is 23.3 Å². The number of nitrogens with one attached hydrogen (secondary N) is 3. The van der Waals surface area contributed by atoms with Gasteiger partial charge in [0.05, 0.1) is 18.8 Å². The van der Waals surface area contributed by atoms with Crippen LogP contribution in [0, 0.1) is 17.1 Å². The smallest absolute Gasteiger partial charge is 0.323 e. The summed E-state index contributed by atoms with van der Waals surface area (Å²) >= 11 is 1.46. The van der Waals surface area contributed by atoms with Crippen LogP contribution < -0.4 is 20.1 Å². The lowest BCUT2D eigenvalue weighted by Crippen LogP contribution is -2.47. The molecule has 182 valence electrons. The van der Waals surface area contributed by atoms with E-state index >= 15 is 0 Å². The van der Waals surface area contributed by atoms with Crippen LogP contribution in [0.1, 0.15) is 33.1 Å². The number of thioether (sulfide) groups is 1. The molecule has 2 aliphatic rings. The van der Waals surface area contributed by atoms with Crippen molar-refractivity contribution in [3.8, 4) is 11.6 Å². The molecule has 3 N–H and O–H groups in total. The number of ether oxygens (including phenoxy) is 2. The Bertz CT molecular complexity index is 1080. The van der Waals surface area contributed by atoms with E-state index in [0.717, 1.165) is 17.7 Å². The van der Waals surface area contributed by atoms with Gasteiger partial charge in [-0.1, -0.05) is 13.8 Å². The first-order chi connectivity index (χ1) is 16.3. The van der Waals surface area contributed by atoms with E-state index in [9.17, 15) is 9.18 Å². The van der Waals surface area contributed by atoms with Gasteiger partial charge in [-0.25, -0.2) is 14.2 Å². The zero-order chi connectivity index (χ0) is 24.4. The first kappa shape index (κ1) is 24.1. The molecule has 2 aliphatic heterocycles. The summed E-state index contributed by atoms with van der Waals surface area (Å²) < 4.78 is 26.2. The molecule has 0 spiro atoms. The van der Waals surface area contributed by atoms with E-state index in [1.807, 2.05) is 26.2 Å². The Kier molecular flexibility index (Phi) is 7.11. The monoisotopic (exact) mass is 488 g/mol. The second-order valence-corrected chi connectivity index (χ2v) is 9.51. The normalized spacial score (nSPS) is 21.0. The summed E-state index contributed by atoms with van der Waals surface area (Å²) in [5, 5.41) is 13.6. The van der Waals surface area contributed by atoms with E-state index in [2.05, 4.69) is 20.6 Å². The van der Waals surface area contributed by atoms with Gasteiger partial charge in [0.1, 0.15) is 24.1 Å². The van der Waals surface area contributed by atoms with Crippen molar-refractivity contribution in [2.75, 3.05) is 18.7 Å². The Hall–Kier alpha value is -3.08. The number of amidine groups is 1. The van der Waals surface area contributed by atoms with Gasteiger partial charge in [-0.3, -0.25) is 10.7 Å². The number of aromatic nitrogens is 2. The van der Waals surface area contributed by atoms with E-state index < -0.39 is 5.82 Å². The van der Waals surface area contributed by atoms with Gasteiger partial charge in [0.2, 0.25) is 5.75 Å². The molecule has 0 saturated carbocycles. The number of benzene rings is 1. The molecule has 1 aromatic heterocycles. The number of halogens is 1. The Morgan fingerprint density at radius 1 is 1.32 bits per heavy atom. The summed E-state index contributed by atoms with van der Waals surface area (Å²) in [5.74, 6) is 0.502. The number of amides is 2. The standard InChI is InChI=1S/C23H29FN6O3S/c1-12(2)20(25)29-23(31)30-13-5-8-17(30)18(9-13)33-22-19(32-3)21(26-11-27-22)28-16-7-6-14(34-4)10-15(16)24/h6-7,10-13,17-18H,5,8-9H2,1-4H3,(H2,25,29,31)(H,26,27,28)/t13?,17?,18-/m0/s1. The molecule has 34 heavy (non-hydrogen) atoms. The lowest BCUT2D eigenvalue weighted by Gasteiger charge is -2.26. The molecule has 11 heteroatoms. The molecule has 2 aromatic rings.